The maximum absolute atomic E-state index is 11.3. The maximum Gasteiger partial charge on any atom is 0.303 e. The first-order valence-corrected chi connectivity index (χ1v) is 10.6. The summed E-state index contributed by atoms with van der Waals surface area (Å²) in [5.41, 5.74) is 6.10. The molecule has 4 rings (SSSR count). The number of ether oxygens (including phenoxy) is 1. The molecule has 32 heavy (non-hydrogen) atoms. The Morgan fingerprint density at radius 2 is 1.94 bits per heavy atom. The molecule has 7 nitrogen and oxygen atoms in total. The van der Waals surface area contributed by atoms with Crippen LogP contribution < -0.4 is 0 Å². The molecule has 162 valence electrons. The summed E-state index contributed by atoms with van der Waals surface area (Å²) < 4.78 is 7.43. The second-order valence-electron chi connectivity index (χ2n) is 7.41. The fourth-order valence-corrected chi connectivity index (χ4v) is 3.61. The van der Waals surface area contributed by atoms with Crippen molar-refractivity contribution in [2.24, 2.45) is 0 Å². The van der Waals surface area contributed by atoms with E-state index in [4.69, 9.17) is 4.74 Å². The summed E-state index contributed by atoms with van der Waals surface area (Å²) in [6, 6.07) is 20.5. The summed E-state index contributed by atoms with van der Waals surface area (Å²) in [7, 11) is 0. The lowest BCUT2D eigenvalue weighted by Gasteiger charge is -2.15. The Labute approximate surface area is 186 Å². The third-order valence-corrected chi connectivity index (χ3v) is 5.15. The Morgan fingerprint density at radius 1 is 1.09 bits per heavy atom. The van der Waals surface area contributed by atoms with Crippen LogP contribution in [0.3, 0.4) is 0 Å². The zero-order valence-corrected chi connectivity index (χ0v) is 18.2. The largest absolute Gasteiger partial charge is 0.459 e. The van der Waals surface area contributed by atoms with Crippen LogP contribution in [0.4, 0.5) is 0 Å². The van der Waals surface area contributed by atoms with Crippen molar-refractivity contribution in [3.63, 3.8) is 0 Å². The molecule has 0 atom stereocenters. The molecule has 0 fully saturated rings. The molecule has 2 aromatic carbocycles. The monoisotopic (exact) mass is 427 g/mol. The predicted molar refractivity (Wildman–Crippen MR) is 123 cm³/mol. The van der Waals surface area contributed by atoms with Crippen molar-refractivity contribution < 1.29 is 9.53 Å². The molecule has 7 heteroatoms. The summed E-state index contributed by atoms with van der Waals surface area (Å²) in [6.45, 7) is 4.37. The number of nitrogens with one attached hydrogen (secondary N) is 1. The fourth-order valence-electron chi connectivity index (χ4n) is 3.61. The highest BCUT2D eigenvalue weighted by atomic mass is 16.5. The van der Waals surface area contributed by atoms with Gasteiger partial charge in [0.15, 0.2) is 0 Å². The van der Waals surface area contributed by atoms with Crippen LogP contribution in [-0.2, 0) is 22.7 Å². The molecular formula is C25H25N5O2. The highest BCUT2D eigenvalue weighted by Gasteiger charge is 2.14. The van der Waals surface area contributed by atoms with E-state index in [0.29, 0.717) is 12.4 Å². The van der Waals surface area contributed by atoms with Crippen LogP contribution in [0, 0.1) is 0 Å². The van der Waals surface area contributed by atoms with Gasteiger partial charge >= 0.3 is 5.97 Å². The molecule has 0 aliphatic carbocycles. The number of rotatable bonds is 8. The summed E-state index contributed by atoms with van der Waals surface area (Å²) in [4.78, 5) is 11.3. The van der Waals surface area contributed by atoms with Crippen LogP contribution in [0.15, 0.2) is 66.7 Å². The normalized spacial score (nSPS) is 11.2. The summed E-state index contributed by atoms with van der Waals surface area (Å²) in [6.07, 6.45) is 5.15. The van der Waals surface area contributed by atoms with Crippen LogP contribution >= 0.6 is 0 Å². The third-order valence-electron chi connectivity index (χ3n) is 5.15. The molecule has 0 aliphatic heterocycles. The lowest BCUT2D eigenvalue weighted by atomic mass is 9.97. The van der Waals surface area contributed by atoms with Gasteiger partial charge in [0.25, 0.3) is 0 Å². The number of carbonyl (C=O) groups is 1. The molecular weight excluding hydrogens is 402 g/mol. The quantitative estimate of drug-likeness (QED) is 0.406. The predicted octanol–water partition coefficient (Wildman–Crippen LogP) is 4.87. The Bertz CT molecular complexity index is 1210. The van der Waals surface area contributed by atoms with Gasteiger partial charge in [-0.3, -0.25) is 4.79 Å². The molecule has 0 aliphatic rings. The number of aromatic amines is 1. The van der Waals surface area contributed by atoms with Crippen molar-refractivity contribution in [2.75, 3.05) is 0 Å². The second kappa shape index (κ2) is 9.87. The van der Waals surface area contributed by atoms with Crippen molar-refractivity contribution in [3.8, 4) is 22.5 Å². The van der Waals surface area contributed by atoms with E-state index in [0.717, 1.165) is 40.1 Å². The lowest BCUT2D eigenvalue weighted by molar-refractivity contribution is -0.142. The molecule has 0 spiro atoms. The van der Waals surface area contributed by atoms with Gasteiger partial charge in [0.05, 0.1) is 5.69 Å². The van der Waals surface area contributed by atoms with Crippen molar-refractivity contribution in [1.29, 1.82) is 0 Å². The Morgan fingerprint density at radius 3 is 2.66 bits per heavy atom. The molecule has 0 saturated carbocycles. The number of tetrazole rings is 1. The van der Waals surface area contributed by atoms with Gasteiger partial charge in [-0.2, -0.15) is 5.21 Å². The lowest BCUT2D eigenvalue weighted by Crippen LogP contribution is -2.09. The minimum absolute atomic E-state index is 0.231. The van der Waals surface area contributed by atoms with Gasteiger partial charge in [0.1, 0.15) is 6.61 Å². The number of nitrogens with zero attached hydrogens (tertiary/aromatic N) is 4. The Kier molecular flexibility index (Phi) is 6.55. The van der Waals surface area contributed by atoms with Crippen LogP contribution in [0.5, 0.6) is 0 Å². The summed E-state index contributed by atoms with van der Waals surface area (Å²) in [5.74, 6) is 0.249. The van der Waals surface area contributed by atoms with Crippen LogP contribution in [0.2, 0.25) is 0 Å². The summed E-state index contributed by atoms with van der Waals surface area (Å²) >= 11 is 0. The zero-order valence-electron chi connectivity index (χ0n) is 18.2. The smallest absolute Gasteiger partial charge is 0.303 e. The number of aromatic nitrogens is 5. The summed E-state index contributed by atoms with van der Waals surface area (Å²) in [5, 5.41) is 14.7. The number of benzene rings is 2. The molecule has 0 bridgehead atoms. The molecule has 0 amide bonds. The Balaban J connectivity index is 1.73. The van der Waals surface area contributed by atoms with E-state index in [9.17, 15) is 4.79 Å². The highest BCUT2D eigenvalue weighted by Crippen LogP contribution is 2.31. The van der Waals surface area contributed by atoms with Crippen molar-refractivity contribution in [2.45, 2.75) is 33.4 Å². The number of H-pyrrole nitrogens is 1. The average Bonchev–Trinajstić information content (AvgIpc) is 3.47. The number of carbonyl (C=O) groups excluding carboxylic acids is 1. The van der Waals surface area contributed by atoms with Crippen molar-refractivity contribution >= 4 is 12.0 Å². The molecule has 4 aromatic rings. The molecule has 0 unspecified atom stereocenters. The van der Waals surface area contributed by atoms with E-state index in [2.05, 4.69) is 74.6 Å². The van der Waals surface area contributed by atoms with Crippen LogP contribution in [0.25, 0.3) is 28.6 Å². The molecule has 0 saturated heterocycles. The van der Waals surface area contributed by atoms with E-state index in [1.807, 2.05) is 30.3 Å². The number of esters is 1. The van der Waals surface area contributed by atoms with E-state index in [-0.39, 0.29) is 12.6 Å². The van der Waals surface area contributed by atoms with Gasteiger partial charge in [0, 0.05) is 24.7 Å². The number of hydrogen-bond donors (Lipinski definition) is 1. The maximum atomic E-state index is 11.3. The minimum atomic E-state index is -0.296. The minimum Gasteiger partial charge on any atom is -0.459 e. The van der Waals surface area contributed by atoms with Crippen molar-refractivity contribution in [1.82, 2.24) is 25.2 Å². The average molecular weight is 428 g/mol. The third kappa shape index (κ3) is 4.83. The fraction of sp³-hybridized carbons (Fsp3) is 0.200. The van der Waals surface area contributed by atoms with Gasteiger partial charge in [0.2, 0.25) is 5.82 Å². The van der Waals surface area contributed by atoms with E-state index < -0.39 is 0 Å². The number of hydrogen-bond acceptors (Lipinski definition) is 5. The van der Waals surface area contributed by atoms with E-state index >= 15 is 0 Å². The van der Waals surface area contributed by atoms with Gasteiger partial charge in [-0.15, -0.1) is 10.2 Å². The van der Waals surface area contributed by atoms with Gasteiger partial charge in [-0.05, 0) is 52.6 Å². The zero-order chi connectivity index (χ0) is 22.3. The first-order chi connectivity index (χ1) is 15.7. The van der Waals surface area contributed by atoms with Gasteiger partial charge < -0.3 is 9.30 Å². The Hall–Kier alpha value is -4.00. The van der Waals surface area contributed by atoms with Crippen molar-refractivity contribution in [3.05, 3.63) is 83.7 Å². The molecule has 2 heterocycles. The number of allylic oxidation sites excluding steroid dienone is 1. The van der Waals surface area contributed by atoms with E-state index in [1.165, 1.54) is 6.92 Å². The molecule has 0 radical (unpaired) electrons. The first kappa shape index (κ1) is 21.2. The van der Waals surface area contributed by atoms with Crippen LogP contribution in [0.1, 0.15) is 37.2 Å². The van der Waals surface area contributed by atoms with Gasteiger partial charge in [-0.25, -0.2) is 0 Å². The highest BCUT2D eigenvalue weighted by molar-refractivity contribution is 5.80. The second-order valence-corrected chi connectivity index (χ2v) is 7.41. The van der Waals surface area contributed by atoms with Crippen LogP contribution in [-0.4, -0.2) is 31.2 Å². The van der Waals surface area contributed by atoms with E-state index in [1.54, 1.807) is 0 Å². The molecule has 2 aromatic heterocycles. The topological polar surface area (TPSA) is 85.7 Å². The van der Waals surface area contributed by atoms with Gasteiger partial charge in [-0.1, -0.05) is 55.5 Å². The molecule has 1 N–H and O–H groups in total. The SMILES string of the molecule is CC/C=C\c1ccc(COC(C)=O)n1Cc1ccc(-c2ccccc2)c(-c2nn[nH]n2)c1. The first-order valence-electron chi connectivity index (χ1n) is 10.6. The standard InChI is InChI=1S/C25H25N5O2/c1-3-4-10-21-12-13-22(17-32-18(2)31)30(21)16-19-11-14-23(20-8-6-5-7-9-20)24(15-19)25-26-28-29-27-25/h4-15H,3,16-17H2,1-2H3,(H,26,27,28,29)/b10-4-.